The van der Waals surface area contributed by atoms with Gasteiger partial charge in [0.1, 0.15) is 0 Å². The summed E-state index contributed by atoms with van der Waals surface area (Å²) >= 11 is 1.08. The van der Waals surface area contributed by atoms with E-state index in [1.165, 1.54) is 18.2 Å². The van der Waals surface area contributed by atoms with Gasteiger partial charge in [0.25, 0.3) is 0 Å². The zero-order valence-electron chi connectivity index (χ0n) is 10.1. The number of hydrogen-bond donors (Lipinski definition) is 1. The van der Waals surface area contributed by atoms with E-state index in [0.717, 1.165) is 17.4 Å². The number of halogens is 3. The summed E-state index contributed by atoms with van der Waals surface area (Å²) in [5, 5.41) is 12.2. The maximum absolute atomic E-state index is 12.9. The lowest BCUT2D eigenvalue weighted by atomic mass is 10.1. The Hall–Kier alpha value is -2.35. The number of rotatable bonds is 2. The van der Waals surface area contributed by atoms with Crippen molar-refractivity contribution in [1.82, 2.24) is 5.16 Å². The minimum absolute atomic E-state index is 0.0540. The summed E-state index contributed by atoms with van der Waals surface area (Å²) in [6.07, 6.45) is -4.45. The van der Waals surface area contributed by atoms with E-state index in [9.17, 15) is 18.0 Å². The number of carbonyl (C=O) groups is 1. The fourth-order valence-corrected chi connectivity index (χ4v) is 2.96. The van der Waals surface area contributed by atoms with E-state index in [1.54, 1.807) is 6.07 Å². The quantitative estimate of drug-likeness (QED) is 0.767. The highest BCUT2D eigenvalue weighted by Gasteiger charge is 2.33. The summed E-state index contributed by atoms with van der Waals surface area (Å²) in [5.74, 6) is -1.14. The first-order valence-electron chi connectivity index (χ1n) is 5.66. The van der Waals surface area contributed by atoms with E-state index in [1.807, 2.05) is 0 Å². The van der Waals surface area contributed by atoms with Crippen molar-refractivity contribution in [2.75, 3.05) is 0 Å². The Morgan fingerprint density at radius 3 is 2.67 bits per heavy atom. The lowest BCUT2D eigenvalue weighted by molar-refractivity contribution is -0.136. The predicted molar refractivity (Wildman–Crippen MR) is 69.3 cm³/mol. The number of carboxylic acid groups (broad SMARTS) is 1. The van der Waals surface area contributed by atoms with E-state index >= 15 is 0 Å². The molecular weight excluding hydrogens is 307 g/mol. The van der Waals surface area contributed by atoms with Crippen LogP contribution in [0, 0.1) is 0 Å². The number of fused-ring (bicyclic) bond motifs is 1. The second kappa shape index (κ2) is 4.59. The number of benzene rings is 1. The molecule has 3 aromatic rings. The topological polar surface area (TPSA) is 63.3 Å². The number of aromatic carboxylic acids is 1. The second-order valence-corrected chi connectivity index (χ2v) is 5.29. The first-order valence-corrected chi connectivity index (χ1v) is 6.48. The Balaban J connectivity index is 2.15. The number of carboxylic acids is 1. The van der Waals surface area contributed by atoms with Gasteiger partial charge in [-0.15, -0.1) is 11.3 Å². The molecule has 108 valence electrons. The molecule has 0 saturated carbocycles. The van der Waals surface area contributed by atoms with Crippen molar-refractivity contribution in [3.05, 3.63) is 41.6 Å². The number of hydrogen-bond acceptors (Lipinski definition) is 4. The van der Waals surface area contributed by atoms with E-state index in [0.29, 0.717) is 9.58 Å². The van der Waals surface area contributed by atoms with Gasteiger partial charge in [0, 0.05) is 16.2 Å². The van der Waals surface area contributed by atoms with Crippen molar-refractivity contribution in [3.63, 3.8) is 0 Å². The summed E-state index contributed by atoms with van der Waals surface area (Å²) < 4.78 is 44.1. The first kappa shape index (κ1) is 13.6. The van der Waals surface area contributed by atoms with Gasteiger partial charge in [0.15, 0.2) is 11.5 Å². The van der Waals surface area contributed by atoms with Crippen LogP contribution in [0.2, 0.25) is 0 Å². The van der Waals surface area contributed by atoms with E-state index in [4.69, 9.17) is 9.63 Å². The predicted octanol–water partition coefficient (Wildman–Crippen LogP) is 4.27. The van der Waals surface area contributed by atoms with Crippen LogP contribution < -0.4 is 0 Å². The van der Waals surface area contributed by atoms with Crippen LogP contribution in [0.4, 0.5) is 13.2 Å². The molecule has 0 spiro atoms. The second-order valence-electron chi connectivity index (χ2n) is 4.21. The van der Waals surface area contributed by atoms with Gasteiger partial charge in [0.2, 0.25) is 0 Å². The van der Waals surface area contributed by atoms with Crippen LogP contribution in [0.15, 0.2) is 34.9 Å². The third kappa shape index (κ3) is 2.38. The molecule has 8 heteroatoms. The Morgan fingerprint density at radius 1 is 1.29 bits per heavy atom. The van der Waals surface area contributed by atoms with Gasteiger partial charge >= 0.3 is 12.1 Å². The van der Waals surface area contributed by atoms with Crippen LogP contribution in [0.1, 0.15) is 16.1 Å². The zero-order valence-corrected chi connectivity index (χ0v) is 11.0. The minimum Gasteiger partial charge on any atom is -0.476 e. The van der Waals surface area contributed by atoms with Crippen molar-refractivity contribution < 1.29 is 27.6 Å². The Morgan fingerprint density at radius 2 is 2.05 bits per heavy atom. The fourth-order valence-electron chi connectivity index (χ4n) is 1.92. The fraction of sp³-hybridized carbons (Fsp3) is 0.0769. The molecule has 0 aliphatic rings. The molecule has 0 saturated heterocycles. The normalized spacial score (nSPS) is 12.0. The number of alkyl halides is 3. The van der Waals surface area contributed by atoms with Crippen molar-refractivity contribution >= 4 is 27.4 Å². The average molecular weight is 313 g/mol. The molecule has 21 heavy (non-hydrogen) atoms. The molecule has 4 nitrogen and oxygen atoms in total. The first-order chi connectivity index (χ1) is 9.86. The van der Waals surface area contributed by atoms with Gasteiger partial charge in [-0.25, -0.2) is 4.79 Å². The number of thiophene rings is 1. The molecular formula is C13H6F3NO3S. The molecule has 0 radical (unpaired) electrons. The number of aromatic nitrogens is 1. The monoisotopic (exact) mass is 313 g/mol. The SMILES string of the molecule is O=C(O)c1cc(-c2cc3c(C(F)(F)F)cccc3s2)on1. The molecule has 2 heterocycles. The minimum atomic E-state index is -4.45. The van der Waals surface area contributed by atoms with Gasteiger partial charge in [-0.1, -0.05) is 11.2 Å². The van der Waals surface area contributed by atoms with Crippen LogP contribution in [0.3, 0.4) is 0 Å². The molecule has 1 aromatic carbocycles. The Kier molecular flexibility index (Phi) is 2.98. The van der Waals surface area contributed by atoms with Crippen molar-refractivity contribution in [3.8, 4) is 10.6 Å². The average Bonchev–Trinajstić information content (AvgIpc) is 3.03. The maximum atomic E-state index is 12.9. The summed E-state index contributed by atoms with van der Waals surface area (Å²) in [6.45, 7) is 0. The van der Waals surface area contributed by atoms with Crippen LogP contribution in [0.25, 0.3) is 20.7 Å². The van der Waals surface area contributed by atoms with E-state index in [-0.39, 0.29) is 16.8 Å². The molecule has 0 fully saturated rings. The van der Waals surface area contributed by atoms with Gasteiger partial charge in [0.05, 0.1) is 10.4 Å². The van der Waals surface area contributed by atoms with Crippen LogP contribution >= 0.6 is 11.3 Å². The number of nitrogens with zero attached hydrogens (tertiary/aromatic N) is 1. The molecule has 0 aliphatic heterocycles. The van der Waals surface area contributed by atoms with Gasteiger partial charge in [-0.2, -0.15) is 13.2 Å². The van der Waals surface area contributed by atoms with Crippen LogP contribution in [-0.4, -0.2) is 16.2 Å². The van der Waals surface area contributed by atoms with Crippen molar-refractivity contribution in [1.29, 1.82) is 0 Å². The third-order valence-electron chi connectivity index (χ3n) is 2.84. The van der Waals surface area contributed by atoms with Crippen molar-refractivity contribution in [2.45, 2.75) is 6.18 Å². The smallest absolute Gasteiger partial charge is 0.417 e. The molecule has 0 amide bonds. The summed E-state index contributed by atoms with van der Waals surface area (Å²) in [4.78, 5) is 11.1. The molecule has 2 aromatic heterocycles. The highest BCUT2D eigenvalue weighted by atomic mass is 32.1. The largest absolute Gasteiger partial charge is 0.476 e. The standard InChI is InChI=1S/C13H6F3NO3S/c14-13(15,16)7-2-1-3-10-6(7)4-11(21-10)9-5-8(12(18)19)17-20-9/h1-5H,(H,18,19). The highest BCUT2D eigenvalue weighted by Crippen LogP contribution is 2.40. The molecule has 0 bridgehead atoms. The molecule has 0 atom stereocenters. The van der Waals surface area contributed by atoms with Crippen LogP contribution in [-0.2, 0) is 6.18 Å². The summed E-state index contributed by atoms with van der Waals surface area (Å²) in [6, 6.07) is 6.40. The Bertz CT molecular complexity index is 835. The summed E-state index contributed by atoms with van der Waals surface area (Å²) in [5.41, 5.74) is -1.03. The molecule has 1 N–H and O–H groups in total. The van der Waals surface area contributed by atoms with Crippen molar-refractivity contribution in [2.24, 2.45) is 0 Å². The Labute approximate surface area is 119 Å². The lowest BCUT2D eigenvalue weighted by Crippen LogP contribution is -2.04. The summed E-state index contributed by atoms with van der Waals surface area (Å²) in [7, 11) is 0. The third-order valence-corrected chi connectivity index (χ3v) is 3.95. The van der Waals surface area contributed by atoms with Gasteiger partial charge in [-0.3, -0.25) is 0 Å². The highest BCUT2D eigenvalue weighted by molar-refractivity contribution is 7.22. The van der Waals surface area contributed by atoms with Crippen LogP contribution in [0.5, 0.6) is 0 Å². The van der Waals surface area contributed by atoms with E-state index < -0.39 is 17.7 Å². The maximum Gasteiger partial charge on any atom is 0.417 e. The molecule has 0 unspecified atom stereocenters. The van der Waals surface area contributed by atoms with Gasteiger partial charge in [-0.05, 0) is 18.2 Å². The zero-order chi connectivity index (χ0) is 15.2. The van der Waals surface area contributed by atoms with Gasteiger partial charge < -0.3 is 9.63 Å². The molecule has 0 aliphatic carbocycles. The van der Waals surface area contributed by atoms with E-state index in [2.05, 4.69) is 5.16 Å². The lowest BCUT2D eigenvalue weighted by Gasteiger charge is -2.06. The molecule has 3 rings (SSSR count).